The summed E-state index contributed by atoms with van der Waals surface area (Å²) >= 11 is 0. The van der Waals surface area contributed by atoms with E-state index in [2.05, 4.69) is 45.0 Å². The number of nitrogens with one attached hydrogen (secondary N) is 1. The van der Waals surface area contributed by atoms with Crippen molar-refractivity contribution < 1.29 is 0 Å². The first-order chi connectivity index (χ1) is 8.97. The third-order valence-corrected chi connectivity index (χ3v) is 4.45. The molecule has 114 valence electrons. The van der Waals surface area contributed by atoms with Crippen LogP contribution >= 0.6 is 0 Å². The Morgan fingerprint density at radius 3 is 2.68 bits per heavy atom. The smallest absolute Gasteiger partial charge is 0.00472 e. The van der Waals surface area contributed by atoms with Crippen LogP contribution in [0.1, 0.15) is 59.8 Å². The molecule has 0 aliphatic heterocycles. The van der Waals surface area contributed by atoms with E-state index < -0.39 is 0 Å². The predicted molar refractivity (Wildman–Crippen MR) is 85.6 cm³/mol. The van der Waals surface area contributed by atoms with Crippen molar-refractivity contribution in [3.8, 4) is 0 Å². The van der Waals surface area contributed by atoms with Crippen molar-refractivity contribution >= 4 is 0 Å². The van der Waals surface area contributed by atoms with Crippen LogP contribution in [-0.4, -0.2) is 38.1 Å². The Morgan fingerprint density at radius 2 is 2.11 bits per heavy atom. The summed E-state index contributed by atoms with van der Waals surface area (Å²) in [5.74, 6) is 1.66. The summed E-state index contributed by atoms with van der Waals surface area (Å²) in [6.45, 7) is 14.2. The van der Waals surface area contributed by atoms with Crippen LogP contribution in [-0.2, 0) is 0 Å². The van der Waals surface area contributed by atoms with Gasteiger partial charge in [0, 0.05) is 13.1 Å². The maximum absolute atomic E-state index is 3.74. The van der Waals surface area contributed by atoms with E-state index in [9.17, 15) is 0 Å². The Kier molecular flexibility index (Phi) is 7.38. The average molecular weight is 268 g/mol. The average Bonchev–Trinajstić information content (AvgIpc) is 2.28. The first-order valence-electron chi connectivity index (χ1n) is 8.36. The molecule has 0 saturated heterocycles. The number of rotatable bonds is 8. The molecule has 2 heteroatoms. The molecule has 1 saturated carbocycles. The van der Waals surface area contributed by atoms with Crippen molar-refractivity contribution in [2.75, 3.05) is 33.2 Å². The molecule has 1 fully saturated rings. The lowest BCUT2D eigenvalue weighted by molar-refractivity contribution is 0.0912. The molecule has 0 heterocycles. The van der Waals surface area contributed by atoms with Gasteiger partial charge in [-0.1, -0.05) is 40.5 Å². The van der Waals surface area contributed by atoms with Gasteiger partial charge >= 0.3 is 0 Å². The van der Waals surface area contributed by atoms with Crippen LogP contribution in [0.25, 0.3) is 0 Å². The highest BCUT2D eigenvalue weighted by Gasteiger charge is 2.35. The first kappa shape index (κ1) is 17.0. The number of hydrogen-bond acceptors (Lipinski definition) is 2. The summed E-state index contributed by atoms with van der Waals surface area (Å²) in [6, 6.07) is 0. The molecule has 0 aromatic heterocycles. The first-order valence-corrected chi connectivity index (χ1v) is 8.36. The van der Waals surface area contributed by atoms with E-state index in [1.54, 1.807) is 0 Å². The summed E-state index contributed by atoms with van der Waals surface area (Å²) in [7, 11) is 2.30. The second-order valence-electron chi connectivity index (χ2n) is 7.46. The minimum absolute atomic E-state index is 0.524. The molecule has 0 aromatic rings. The van der Waals surface area contributed by atoms with E-state index in [4.69, 9.17) is 0 Å². The normalized spacial score (nSPS) is 28.3. The van der Waals surface area contributed by atoms with Crippen molar-refractivity contribution in [1.82, 2.24) is 10.2 Å². The minimum Gasteiger partial charge on any atom is -0.316 e. The molecule has 0 amide bonds. The van der Waals surface area contributed by atoms with Crippen molar-refractivity contribution in [3.63, 3.8) is 0 Å². The third kappa shape index (κ3) is 6.27. The van der Waals surface area contributed by atoms with Gasteiger partial charge in [0.25, 0.3) is 0 Å². The van der Waals surface area contributed by atoms with Gasteiger partial charge in [-0.2, -0.15) is 0 Å². The fourth-order valence-corrected chi connectivity index (χ4v) is 3.79. The molecule has 1 N–H and O–H groups in total. The van der Waals surface area contributed by atoms with Crippen LogP contribution in [0.2, 0.25) is 0 Å². The quantitative estimate of drug-likeness (QED) is 0.721. The van der Waals surface area contributed by atoms with Crippen molar-refractivity contribution in [1.29, 1.82) is 0 Å². The van der Waals surface area contributed by atoms with Gasteiger partial charge in [-0.25, -0.2) is 0 Å². The highest BCUT2D eigenvalue weighted by molar-refractivity contribution is 4.89. The van der Waals surface area contributed by atoms with Crippen LogP contribution < -0.4 is 5.32 Å². The van der Waals surface area contributed by atoms with Gasteiger partial charge in [0.1, 0.15) is 0 Å². The Hall–Kier alpha value is -0.0800. The SMILES string of the molecule is CCCN(C)CC1(CNCC(C)C)CCCC(C)C1. The van der Waals surface area contributed by atoms with Crippen LogP contribution in [0.4, 0.5) is 0 Å². The molecule has 19 heavy (non-hydrogen) atoms. The van der Waals surface area contributed by atoms with E-state index >= 15 is 0 Å². The highest BCUT2D eigenvalue weighted by atomic mass is 15.1. The molecule has 1 aliphatic rings. The van der Waals surface area contributed by atoms with Crippen LogP contribution in [0.15, 0.2) is 0 Å². The molecule has 1 aliphatic carbocycles. The highest BCUT2D eigenvalue weighted by Crippen LogP contribution is 2.39. The molecule has 0 radical (unpaired) electrons. The maximum Gasteiger partial charge on any atom is 0.00472 e. The van der Waals surface area contributed by atoms with Gasteiger partial charge in [-0.05, 0) is 56.7 Å². The van der Waals surface area contributed by atoms with Crippen molar-refractivity contribution in [2.24, 2.45) is 17.3 Å². The molecular formula is C17H36N2. The third-order valence-electron chi connectivity index (χ3n) is 4.45. The predicted octanol–water partition coefficient (Wildman–Crippen LogP) is 3.77. The van der Waals surface area contributed by atoms with E-state index in [-0.39, 0.29) is 0 Å². The molecule has 2 nitrogen and oxygen atoms in total. The zero-order valence-corrected chi connectivity index (χ0v) is 14.0. The topological polar surface area (TPSA) is 15.3 Å². The van der Waals surface area contributed by atoms with E-state index in [0.29, 0.717) is 5.41 Å². The summed E-state index contributed by atoms with van der Waals surface area (Å²) in [5.41, 5.74) is 0.524. The maximum atomic E-state index is 3.74. The zero-order valence-electron chi connectivity index (χ0n) is 14.0. The van der Waals surface area contributed by atoms with Crippen molar-refractivity contribution in [3.05, 3.63) is 0 Å². The fraction of sp³-hybridized carbons (Fsp3) is 1.00. The molecule has 2 atom stereocenters. The van der Waals surface area contributed by atoms with Crippen LogP contribution in [0.5, 0.6) is 0 Å². The summed E-state index contributed by atoms with van der Waals surface area (Å²) < 4.78 is 0. The van der Waals surface area contributed by atoms with Gasteiger partial charge in [0.05, 0.1) is 0 Å². The fourth-order valence-electron chi connectivity index (χ4n) is 3.79. The zero-order chi connectivity index (χ0) is 14.3. The summed E-state index contributed by atoms with van der Waals surface area (Å²) in [4.78, 5) is 2.55. The molecular weight excluding hydrogens is 232 g/mol. The Bertz CT molecular complexity index is 239. The number of nitrogens with zero attached hydrogens (tertiary/aromatic N) is 1. The summed E-state index contributed by atoms with van der Waals surface area (Å²) in [6.07, 6.45) is 6.94. The molecule has 1 rings (SSSR count). The number of hydrogen-bond donors (Lipinski definition) is 1. The lowest BCUT2D eigenvalue weighted by Crippen LogP contribution is -2.46. The minimum atomic E-state index is 0.524. The van der Waals surface area contributed by atoms with Gasteiger partial charge in [0.2, 0.25) is 0 Å². The monoisotopic (exact) mass is 268 g/mol. The Labute approximate surface area is 121 Å². The summed E-state index contributed by atoms with van der Waals surface area (Å²) in [5, 5.41) is 3.74. The lowest BCUT2D eigenvalue weighted by Gasteiger charge is -2.43. The largest absolute Gasteiger partial charge is 0.316 e. The van der Waals surface area contributed by atoms with Crippen LogP contribution in [0.3, 0.4) is 0 Å². The Balaban J connectivity index is 2.55. The lowest BCUT2D eigenvalue weighted by atomic mass is 9.69. The van der Waals surface area contributed by atoms with E-state index in [0.717, 1.165) is 18.4 Å². The standard InChI is InChI=1S/C17H36N2/c1-6-10-19(5)14-17(13-18-12-15(2)3)9-7-8-16(4)11-17/h15-16,18H,6-14H2,1-5H3. The van der Waals surface area contributed by atoms with Crippen LogP contribution in [0, 0.1) is 17.3 Å². The van der Waals surface area contributed by atoms with E-state index in [1.807, 2.05) is 0 Å². The van der Waals surface area contributed by atoms with E-state index in [1.165, 1.54) is 51.7 Å². The van der Waals surface area contributed by atoms with Gasteiger partial charge in [-0.15, -0.1) is 0 Å². The van der Waals surface area contributed by atoms with Gasteiger partial charge < -0.3 is 10.2 Å². The Morgan fingerprint density at radius 1 is 1.37 bits per heavy atom. The van der Waals surface area contributed by atoms with Gasteiger partial charge in [0.15, 0.2) is 0 Å². The molecule has 0 spiro atoms. The second kappa shape index (κ2) is 8.26. The second-order valence-corrected chi connectivity index (χ2v) is 7.46. The van der Waals surface area contributed by atoms with Gasteiger partial charge in [-0.3, -0.25) is 0 Å². The molecule has 2 unspecified atom stereocenters. The molecule has 0 bridgehead atoms. The van der Waals surface area contributed by atoms with Crippen molar-refractivity contribution in [2.45, 2.75) is 59.8 Å². The molecule has 0 aromatic carbocycles.